The van der Waals surface area contributed by atoms with Crippen LogP contribution in [0.4, 0.5) is 0 Å². The minimum absolute atomic E-state index is 0.0394. The van der Waals surface area contributed by atoms with Gasteiger partial charge in [0, 0.05) is 21.9 Å². The summed E-state index contributed by atoms with van der Waals surface area (Å²) in [6, 6.07) is 23.9. The fraction of sp³-hybridized carbons (Fsp3) is 0. The van der Waals surface area contributed by atoms with Crippen LogP contribution in [-0.4, -0.2) is 0 Å². The zero-order valence-electron chi connectivity index (χ0n) is 10.7. The van der Waals surface area contributed by atoms with E-state index in [0.717, 1.165) is 0 Å². The zero-order valence-corrected chi connectivity index (χ0v) is 13.1. The van der Waals surface area contributed by atoms with Gasteiger partial charge in [0.25, 0.3) is 0 Å². The van der Waals surface area contributed by atoms with Gasteiger partial charge in [0.15, 0.2) is 9.60 Å². The van der Waals surface area contributed by atoms with Gasteiger partial charge in [0.2, 0.25) is 0 Å². The molecule has 2 heteroatoms. The molecule has 4 aromatic rings. The van der Waals surface area contributed by atoms with E-state index in [1.807, 2.05) is 0 Å². The third-order valence-corrected chi connectivity index (χ3v) is 6.63. The first-order valence-corrected chi connectivity index (χ1v) is 8.60. The summed E-state index contributed by atoms with van der Waals surface area (Å²) in [7, 11) is 0.0394. The molecule has 1 atom stereocenters. The Labute approximate surface area is 128 Å². The van der Waals surface area contributed by atoms with E-state index in [1.54, 1.807) is 0 Å². The molecule has 0 nitrogen and oxygen atoms in total. The molecule has 0 saturated carbocycles. The largest absolute Gasteiger partial charge is 0.193 e. The third kappa shape index (κ3) is 1.80. The number of hydrogen-bond acceptors (Lipinski definition) is 0. The first-order valence-electron chi connectivity index (χ1n) is 6.52. The Bertz CT molecular complexity index is 921. The second-order valence-corrected chi connectivity index (χ2v) is 7.45. The van der Waals surface area contributed by atoms with Crippen LogP contribution < -0.4 is 0 Å². The quantitative estimate of drug-likeness (QED) is 0.347. The highest BCUT2D eigenvalue weighted by molar-refractivity contribution is 9.10. The van der Waals surface area contributed by atoms with Crippen LogP contribution in [0.3, 0.4) is 0 Å². The van der Waals surface area contributed by atoms with E-state index in [9.17, 15) is 0 Å². The van der Waals surface area contributed by atoms with Crippen molar-refractivity contribution in [3.8, 4) is 4.90 Å². The van der Waals surface area contributed by atoms with E-state index in [2.05, 4.69) is 88.0 Å². The van der Waals surface area contributed by atoms with Crippen LogP contribution in [0.25, 0.3) is 25.8 Å². The molecule has 0 bridgehead atoms. The van der Waals surface area contributed by atoms with E-state index in [0.29, 0.717) is 0 Å². The maximum atomic E-state index is 3.68. The van der Waals surface area contributed by atoms with Crippen molar-refractivity contribution in [1.82, 2.24) is 0 Å². The summed E-state index contributed by atoms with van der Waals surface area (Å²) in [5.74, 6) is 0. The molecule has 0 amide bonds. The van der Waals surface area contributed by atoms with Gasteiger partial charge in [0.05, 0.1) is 4.47 Å². The van der Waals surface area contributed by atoms with E-state index >= 15 is 0 Å². The molecule has 0 radical (unpaired) electrons. The lowest BCUT2D eigenvalue weighted by Gasteiger charge is -1.98. The van der Waals surface area contributed by atoms with Gasteiger partial charge in [-0.2, -0.15) is 0 Å². The van der Waals surface area contributed by atoms with Crippen molar-refractivity contribution < 1.29 is 0 Å². The van der Waals surface area contributed by atoms with Crippen molar-refractivity contribution in [1.29, 1.82) is 0 Å². The Morgan fingerprint density at radius 1 is 0.700 bits per heavy atom. The number of fused-ring (bicyclic) bond motifs is 3. The van der Waals surface area contributed by atoms with Crippen LogP contribution >= 0.6 is 26.4 Å². The molecule has 0 N–H and O–H groups in total. The Kier molecular flexibility index (Phi) is 2.86. The van der Waals surface area contributed by atoms with Crippen molar-refractivity contribution in [2.75, 3.05) is 0 Å². The molecule has 0 aliphatic carbocycles. The Morgan fingerprint density at radius 3 is 2.40 bits per heavy atom. The average Bonchev–Trinajstić information content (AvgIpc) is 2.92. The summed E-state index contributed by atoms with van der Waals surface area (Å²) in [5, 5.41) is 6.37. The Balaban J connectivity index is 2.08. The van der Waals surface area contributed by atoms with Gasteiger partial charge >= 0.3 is 0 Å². The first kappa shape index (κ1) is 12.1. The molecule has 4 rings (SSSR count). The Morgan fingerprint density at radius 2 is 1.50 bits per heavy atom. The van der Waals surface area contributed by atoms with Gasteiger partial charge < -0.3 is 0 Å². The summed E-state index contributed by atoms with van der Waals surface area (Å²) in [6.45, 7) is 0. The number of hydrogen-bond donors (Lipinski definition) is 0. The van der Waals surface area contributed by atoms with E-state index < -0.39 is 0 Å². The van der Waals surface area contributed by atoms with E-state index in [-0.39, 0.29) is 10.5 Å². The van der Waals surface area contributed by atoms with Crippen molar-refractivity contribution in [3.63, 3.8) is 0 Å². The molecule has 0 spiro atoms. The zero-order chi connectivity index (χ0) is 13.5. The molecule has 0 saturated heterocycles. The van der Waals surface area contributed by atoms with E-state index in [4.69, 9.17) is 0 Å². The molecule has 0 fully saturated rings. The van der Waals surface area contributed by atoms with Gasteiger partial charge in [-0.05, 0) is 51.0 Å². The monoisotopic (exact) mass is 339 g/mol. The average molecular weight is 340 g/mol. The highest BCUT2D eigenvalue weighted by Gasteiger charge is 2.19. The predicted molar refractivity (Wildman–Crippen MR) is 93.0 cm³/mol. The van der Waals surface area contributed by atoms with Crippen LogP contribution in [0.15, 0.2) is 76.6 Å². The fourth-order valence-corrected chi connectivity index (χ4v) is 5.41. The van der Waals surface area contributed by atoms with Crippen LogP contribution in [0.2, 0.25) is 0 Å². The minimum atomic E-state index is 0.0394. The Hall–Kier alpha value is -1.64. The molecule has 96 valence electrons. The summed E-state index contributed by atoms with van der Waals surface area (Å²) >= 11 is 3.68. The number of thiophene rings is 1. The van der Waals surface area contributed by atoms with Crippen molar-refractivity contribution in [3.05, 3.63) is 76.6 Å². The maximum absolute atomic E-state index is 3.68. The maximum Gasteiger partial charge on any atom is 0.193 e. The summed E-state index contributed by atoms with van der Waals surface area (Å²) in [6.07, 6.45) is 0. The summed E-state index contributed by atoms with van der Waals surface area (Å²) in [4.78, 5) is 1.36. The van der Waals surface area contributed by atoms with Gasteiger partial charge in [-0.25, -0.2) is 0 Å². The first-order chi connectivity index (χ1) is 9.84. The molecule has 0 aliphatic heterocycles. The van der Waals surface area contributed by atoms with Crippen LogP contribution in [0, 0.1) is 0 Å². The van der Waals surface area contributed by atoms with Crippen LogP contribution in [0.5, 0.6) is 0 Å². The number of benzene rings is 3. The second-order valence-electron chi connectivity index (χ2n) is 4.77. The van der Waals surface area contributed by atoms with E-state index in [1.165, 1.54) is 30.2 Å². The molecule has 1 heterocycles. The normalized spacial score (nSPS) is 12.2. The van der Waals surface area contributed by atoms with Gasteiger partial charge in [-0.1, -0.05) is 36.4 Å². The van der Waals surface area contributed by atoms with Gasteiger partial charge in [-0.3, -0.25) is 0 Å². The van der Waals surface area contributed by atoms with Crippen molar-refractivity contribution >= 4 is 47.3 Å². The number of rotatable bonds is 1. The summed E-state index contributed by atoms with van der Waals surface area (Å²) < 4.78 is 2.62. The minimum Gasteiger partial charge on any atom is -0.0616 e. The lowest BCUT2D eigenvalue weighted by atomic mass is 10.1. The fourth-order valence-electron chi connectivity index (χ4n) is 2.66. The molecule has 3 aromatic carbocycles. The molecule has 20 heavy (non-hydrogen) atoms. The molecule has 1 aromatic heterocycles. The standard InChI is InChI=1S/C18H12BrS/c19-16-7-3-4-8-18(16)20-12-11-15-14-6-2-1-5-13(14)9-10-17(15)20/h1-12H/q+1. The third-order valence-electron chi connectivity index (χ3n) is 3.61. The lowest BCUT2D eigenvalue weighted by molar-refractivity contribution is 1.70. The number of halogens is 1. The van der Waals surface area contributed by atoms with Crippen LogP contribution in [0.1, 0.15) is 0 Å². The topological polar surface area (TPSA) is 0 Å². The SMILES string of the molecule is Brc1ccccc1-[s+]1ccc2c3ccccc3ccc21. The molecular weight excluding hydrogens is 328 g/mol. The van der Waals surface area contributed by atoms with Crippen LogP contribution in [-0.2, 0) is 0 Å². The predicted octanol–water partition coefficient (Wildman–Crippen LogP) is 6.49. The summed E-state index contributed by atoms with van der Waals surface area (Å²) in [5.41, 5.74) is 0. The molecule has 0 aliphatic rings. The molecular formula is C18H12BrS+. The smallest absolute Gasteiger partial charge is 0.0616 e. The van der Waals surface area contributed by atoms with Gasteiger partial charge in [0.1, 0.15) is 5.38 Å². The molecule has 1 unspecified atom stereocenters. The lowest BCUT2D eigenvalue weighted by Crippen LogP contribution is -1.74. The van der Waals surface area contributed by atoms with Crippen molar-refractivity contribution in [2.45, 2.75) is 0 Å². The second kappa shape index (κ2) is 4.72. The van der Waals surface area contributed by atoms with Gasteiger partial charge in [-0.15, -0.1) is 0 Å². The van der Waals surface area contributed by atoms with Crippen molar-refractivity contribution in [2.24, 2.45) is 0 Å². The highest BCUT2D eigenvalue weighted by atomic mass is 79.9. The highest BCUT2D eigenvalue weighted by Crippen LogP contribution is 2.44.